The van der Waals surface area contributed by atoms with Crippen molar-refractivity contribution < 1.29 is 4.79 Å². The zero-order chi connectivity index (χ0) is 15.7. The predicted octanol–water partition coefficient (Wildman–Crippen LogP) is 2.84. The van der Waals surface area contributed by atoms with Gasteiger partial charge in [0.25, 0.3) is 5.91 Å². The number of benzene rings is 1. The summed E-state index contributed by atoms with van der Waals surface area (Å²) in [4.78, 5) is 17.4. The molecule has 4 nitrogen and oxygen atoms in total. The van der Waals surface area contributed by atoms with Crippen LogP contribution in [0.4, 0.5) is 0 Å². The Bertz CT molecular complexity index is 707. The summed E-state index contributed by atoms with van der Waals surface area (Å²) >= 11 is 5.32. The van der Waals surface area contributed by atoms with Crippen molar-refractivity contribution in [2.24, 2.45) is 5.92 Å². The maximum atomic E-state index is 12.4. The maximum Gasteiger partial charge on any atom is 0.251 e. The number of carbonyl (C=O) groups excluding carboxylic acids is 1. The first-order valence-corrected chi connectivity index (χ1v) is 8.14. The molecule has 2 N–H and O–H groups in total. The quantitative estimate of drug-likeness (QED) is 0.834. The van der Waals surface area contributed by atoms with E-state index < -0.39 is 0 Å². The molecule has 3 rings (SSSR count). The molecule has 2 aromatic rings. The van der Waals surface area contributed by atoms with Crippen molar-refractivity contribution in [1.82, 2.24) is 15.2 Å². The zero-order valence-electron chi connectivity index (χ0n) is 12.9. The summed E-state index contributed by atoms with van der Waals surface area (Å²) < 4.78 is 0. The fourth-order valence-electron chi connectivity index (χ4n) is 2.99. The largest absolute Gasteiger partial charge is 0.361 e. The van der Waals surface area contributed by atoms with E-state index in [0.29, 0.717) is 17.6 Å². The number of fused-ring (bicyclic) bond motifs is 1. The third kappa shape index (κ3) is 2.86. The highest BCUT2D eigenvalue weighted by molar-refractivity contribution is 7.80. The minimum Gasteiger partial charge on any atom is -0.361 e. The van der Waals surface area contributed by atoms with Crippen LogP contribution in [-0.4, -0.2) is 33.5 Å². The Morgan fingerprint density at radius 2 is 2.09 bits per heavy atom. The predicted molar refractivity (Wildman–Crippen MR) is 92.7 cm³/mol. The van der Waals surface area contributed by atoms with Gasteiger partial charge in [-0.1, -0.05) is 32.0 Å². The number of aromatic amines is 1. The molecule has 0 spiro atoms. The van der Waals surface area contributed by atoms with Crippen LogP contribution in [0.25, 0.3) is 10.9 Å². The second-order valence-corrected chi connectivity index (χ2v) is 6.62. The van der Waals surface area contributed by atoms with E-state index in [2.05, 4.69) is 36.3 Å². The lowest BCUT2D eigenvalue weighted by Gasteiger charge is -2.15. The standard InChI is InChI=1S/C17H21N3OS/c1-11(2)9-15-16(21)20(17(22)19-15)8-7-12-10-18-14-6-4-3-5-13(12)14/h3-6,10-11,15,18H,7-9H2,1-2H3,(H,19,22)/t15-/m0/s1. The first kappa shape index (κ1) is 15.0. The number of hydrogen-bond donors (Lipinski definition) is 2. The molecule has 1 amide bonds. The molecule has 1 atom stereocenters. The number of amides is 1. The van der Waals surface area contributed by atoms with Gasteiger partial charge in [0, 0.05) is 23.6 Å². The smallest absolute Gasteiger partial charge is 0.251 e. The van der Waals surface area contributed by atoms with Gasteiger partial charge in [-0.05, 0) is 42.6 Å². The average molecular weight is 315 g/mol. The zero-order valence-corrected chi connectivity index (χ0v) is 13.7. The number of nitrogens with one attached hydrogen (secondary N) is 2. The van der Waals surface area contributed by atoms with Gasteiger partial charge in [-0.25, -0.2) is 0 Å². The normalized spacial score (nSPS) is 18.5. The lowest BCUT2D eigenvalue weighted by Crippen LogP contribution is -2.33. The van der Waals surface area contributed by atoms with Crippen molar-refractivity contribution in [2.45, 2.75) is 32.7 Å². The summed E-state index contributed by atoms with van der Waals surface area (Å²) in [5, 5.41) is 4.93. The molecule has 116 valence electrons. The molecule has 1 fully saturated rings. The van der Waals surface area contributed by atoms with Crippen LogP contribution in [0.15, 0.2) is 30.5 Å². The topological polar surface area (TPSA) is 48.1 Å². The Kier molecular flexibility index (Phi) is 4.16. The highest BCUT2D eigenvalue weighted by Gasteiger charge is 2.35. The van der Waals surface area contributed by atoms with Gasteiger partial charge in [0.15, 0.2) is 5.11 Å². The fourth-order valence-corrected chi connectivity index (χ4v) is 3.31. The number of para-hydroxylation sites is 1. The highest BCUT2D eigenvalue weighted by Crippen LogP contribution is 2.20. The van der Waals surface area contributed by atoms with Crippen LogP contribution < -0.4 is 5.32 Å². The van der Waals surface area contributed by atoms with Crippen molar-refractivity contribution in [3.63, 3.8) is 0 Å². The van der Waals surface area contributed by atoms with Gasteiger partial charge >= 0.3 is 0 Å². The number of aromatic nitrogens is 1. The van der Waals surface area contributed by atoms with Crippen LogP contribution >= 0.6 is 12.2 Å². The monoisotopic (exact) mass is 315 g/mol. The van der Waals surface area contributed by atoms with E-state index in [1.807, 2.05) is 18.3 Å². The number of rotatable bonds is 5. The number of nitrogens with zero attached hydrogens (tertiary/aromatic N) is 1. The Labute approximate surface area is 135 Å². The fraction of sp³-hybridized carbons (Fsp3) is 0.412. The molecule has 0 saturated carbocycles. The molecule has 1 aromatic heterocycles. The van der Waals surface area contributed by atoms with Crippen molar-refractivity contribution in [3.05, 3.63) is 36.0 Å². The van der Waals surface area contributed by atoms with Gasteiger partial charge in [0.05, 0.1) is 0 Å². The molecule has 1 saturated heterocycles. The van der Waals surface area contributed by atoms with Gasteiger partial charge in [0.1, 0.15) is 6.04 Å². The SMILES string of the molecule is CC(C)C[C@@H]1NC(=S)N(CCc2c[nH]c3ccccc23)C1=O. The van der Waals surface area contributed by atoms with Gasteiger partial charge in [-0.15, -0.1) is 0 Å². The van der Waals surface area contributed by atoms with Crippen LogP contribution in [0.5, 0.6) is 0 Å². The van der Waals surface area contributed by atoms with E-state index in [0.717, 1.165) is 18.4 Å². The first-order valence-electron chi connectivity index (χ1n) is 7.73. The molecular formula is C17H21N3OS. The second kappa shape index (κ2) is 6.08. The minimum atomic E-state index is -0.157. The number of H-pyrrole nitrogens is 1. The third-order valence-electron chi connectivity index (χ3n) is 4.09. The molecular weight excluding hydrogens is 294 g/mol. The Hall–Kier alpha value is -1.88. The van der Waals surface area contributed by atoms with Crippen LogP contribution in [0.1, 0.15) is 25.8 Å². The molecule has 5 heteroatoms. The second-order valence-electron chi connectivity index (χ2n) is 6.23. The molecule has 0 aliphatic carbocycles. The van der Waals surface area contributed by atoms with Crippen LogP contribution in [0.3, 0.4) is 0 Å². The summed E-state index contributed by atoms with van der Waals surface area (Å²) in [7, 11) is 0. The number of thiocarbonyl (C=S) groups is 1. The summed E-state index contributed by atoms with van der Waals surface area (Å²) in [6.45, 7) is 4.86. The lowest BCUT2D eigenvalue weighted by atomic mass is 10.0. The molecule has 1 aliphatic rings. The highest BCUT2D eigenvalue weighted by atomic mass is 32.1. The third-order valence-corrected chi connectivity index (χ3v) is 4.43. The van der Waals surface area contributed by atoms with E-state index in [1.165, 1.54) is 10.9 Å². The van der Waals surface area contributed by atoms with Crippen LogP contribution in [0, 0.1) is 5.92 Å². The Balaban J connectivity index is 1.68. The maximum absolute atomic E-state index is 12.4. The molecule has 0 radical (unpaired) electrons. The van der Waals surface area contributed by atoms with Crippen LogP contribution in [0.2, 0.25) is 0 Å². The summed E-state index contributed by atoms with van der Waals surface area (Å²) in [6.07, 6.45) is 3.64. The van der Waals surface area contributed by atoms with E-state index in [1.54, 1.807) is 4.90 Å². The summed E-state index contributed by atoms with van der Waals surface area (Å²) in [5.74, 6) is 0.580. The van der Waals surface area contributed by atoms with Crippen LogP contribution in [-0.2, 0) is 11.2 Å². The average Bonchev–Trinajstić information content (AvgIpc) is 2.99. The Morgan fingerprint density at radius 3 is 2.86 bits per heavy atom. The number of carbonyl (C=O) groups is 1. The van der Waals surface area contributed by atoms with Gasteiger partial charge in [0.2, 0.25) is 0 Å². The lowest BCUT2D eigenvalue weighted by molar-refractivity contribution is -0.127. The molecule has 0 unspecified atom stereocenters. The molecule has 22 heavy (non-hydrogen) atoms. The first-order chi connectivity index (χ1) is 10.6. The van der Waals surface area contributed by atoms with Gasteiger partial charge < -0.3 is 10.3 Å². The van der Waals surface area contributed by atoms with Crippen molar-refractivity contribution in [3.8, 4) is 0 Å². The van der Waals surface area contributed by atoms with E-state index in [4.69, 9.17) is 12.2 Å². The molecule has 0 bridgehead atoms. The summed E-state index contributed by atoms with van der Waals surface area (Å²) in [5.41, 5.74) is 2.35. The molecule has 1 aromatic carbocycles. The van der Waals surface area contributed by atoms with Crippen molar-refractivity contribution in [1.29, 1.82) is 0 Å². The van der Waals surface area contributed by atoms with Gasteiger partial charge in [-0.3, -0.25) is 9.69 Å². The minimum absolute atomic E-state index is 0.110. The van der Waals surface area contributed by atoms with E-state index in [-0.39, 0.29) is 11.9 Å². The molecule has 1 aliphatic heterocycles. The van der Waals surface area contributed by atoms with Gasteiger partial charge in [-0.2, -0.15) is 0 Å². The number of hydrogen-bond acceptors (Lipinski definition) is 2. The van der Waals surface area contributed by atoms with E-state index in [9.17, 15) is 4.79 Å². The van der Waals surface area contributed by atoms with Crippen molar-refractivity contribution >= 4 is 34.1 Å². The Morgan fingerprint density at radius 1 is 1.32 bits per heavy atom. The molecule has 2 heterocycles. The van der Waals surface area contributed by atoms with Crippen molar-refractivity contribution in [2.75, 3.05) is 6.54 Å². The summed E-state index contributed by atoms with van der Waals surface area (Å²) in [6, 6.07) is 8.05. The van der Waals surface area contributed by atoms with E-state index >= 15 is 0 Å².